The van der Waals surface area contributed by atoms with Gasteiger partial charge >= 0.3 is 0 Å². The molecule has 5 heterocycles. The summed E-state index contributed by atoms with van der Waals surface area (Å²) >= 11 is 0. The second kappa shape index (κ2) is 10.0. The first-order valence-corrected chi connectivity index (χ1v) is 12.4. The normalized spacial score (nSPS) is 13.9. The van der Waals surface area contributed by atoms with Gasteiger partial charge in [0, 0.05) is 47.0 Å². The molecule has 0 aliphatic carbocycles. The van der Waals surface area contributed by atoms with Crippen LogP contribution in [0.2, 0.25) is 0 Å². The minimum Gasteiger partial charge on any atom is -0.497 e. The van der Waals surface area contributed by atoms with Gasteiger partial charge in [-0.05, 0) is 62.3 Å². The van der Waals surface area contributed by atoms with Gasteiger partial charge in [-0.25, -0.2) is 4.39 Å². The standard InChI is InChI=1S/C28H27FN6O2/c1-36-21-11-18(10-20(29)13-21)28-23-14-26(32-24(23)4-5-31-28)27-15-25(33-34-27)19-12-22(17-30-16-19)37-9-8-35-6-2-3-7-35/h4-5,10-17,32H,2-3,6-9H2,1H3,(H,33,34). The number of nitrogens with one attached hydrogen (secondary N) is 2. The Morgan fingerprint density at radius 1 is 0.973 bits per heavy atom. The molecule has 1 aliphatic rings. The van der Waals surface area contributed by atoms with Gasteiger partial charge in [0.2, 0.25) is 0 Å². The van der Waals surface area contributed by atoms with Crippen LogP contribution in [0, 0.1) is 5.82 Å². The molecule has 5 aromatic rings. The summed E-state index contributed by atoms with van der Waals surface area (Å²) in [5.74, 6) is 0.800. The Morgan fingerprint density at radius 3 is 2.70 bits per heavy atom. The van der Waals surface area contributed by atoms with Crippen molar-refractivity contribution in [2.24, 2.45) is 0 Å². The minimum absolute atomic E-state index is 0.378. The topological polar surface area (TPSA) is 92.0 Å². The number of halogens is 1. The fourth-order valence-corrected chi connectivity index (χ4v) is 4.79. The zero-order valence-corrected chi connectivity index (χ0v) is 20.5. The molecule has 0 saturated carbocycles. The number of pyridine rings is 2. The maximum Gasteiger partial charge on any atom is 0.138 e. The van der Waals surface area contributed by atoms with E-state index in [1.165, 1.54) is 32.1 Å². The summed E-state index contributed by atoms with van der Waals surface area (Å²) in [6, 6.07) is 12.4. The summed E-state index contributed by atoms with van der Waals surface area (Å²) in [7, 11) is 1.52. The third-order valence-electron chi connectivity index (χ3n) is 6.68. The van der Waals surface area contributed by atoms with Gasteiger partial charge in [-0.2, -0.15) is 5.10 Å². The van der Waals surface area contributed by atoms with Gasteiger partial charge < -0.3 is 14.5 Å². The van der Waals surface area contributed by atoms with Crippen molar-refractivity contribution < 1.29 is 13.9 Å². The van der Waals surface area contributed by atoms with Crippen LogP contribution in [0.25, 0.3) is 44.8 Å². The molecule has 4 aromatic heterocycles. The zero-order chi connectivity index (χ0) is 25.2. The van der Waals surface area contributed by atoms with E-state index in [9.17, 15) is 4.39 Å². The molecule has 0 unspecified atom stereocenters. The molecule has 0 atom stereocenters. The number of benzene rings is 1. The Bertz CT molecular complexity index is 1540. The lowest BCUT2D eigenvalue weighted by molar-refractivity contribution is 0.237. The molecule has 1 aromatic carbocycles. The van der Waals surface area contributed by atoms with Crippen molar-refractivity contribution in [2.75, 3.05) is 33.4 Å². The second-order valence-electron chi connectivity index (χ2n) is 9.16. The summed E-state index contributed by atoms with van der Waals surface area (Å²) in [6.45, 7) is 3.88. The Balaban J connectivity index is 1.24. The van der Waals surface area contributed by atoms with Gasteiger partial charge in [0.15, 0.2) is 0 Å². The van der Waals surface area contributed by atoms with Crippen molar-refractivity contribution in [1.82, 2.24) is 30.0 Å². The number of nitrogens with zero attached hydrogens (tertiary/aromatic N) is 4. The zero-order valence-electron chi connectivity index (χ0n) is 20.5. The van der Waals surface area contributed by atoms with Crippen LogP contribution in [-0.4, -0.2) is 63.4 Å². The average molecular weight is 499 g/mol. The largest absolute Gasteiger partial charge is 0.497 e. The Morgan fingerprint density at radius 2 is 1.84 bits per heavy atom. The molecule has 1 saturated heterocycles. The van der Waals surface area contributed by atoms with Crippen LogP contribution in [0.15, 0.2) is 61.1 Å². The predicted octanol–water partition coefficient (Wildman–Crippen LogP) is 5.30. The number of likely N-dealkylation sites (tertiary alicyclic amines) is 1. The van der Waals surface area contributed by atoms with Crippen molar-refractivity contribution in [2.45, 2.75) is 12.8 Å². The lowest BCUT2D eigenvalue weighted by atomic mass is 10.1. The number of ether oxygens (including phenoxy) is 2. The number of methoxy groups -OCH3 is 1. The summed E-state index contributed by atoms with van der Waals surface area (Å²) in [6.07, 6.45) is 7.76. The van der Waals surface area contributed by atoms with Crippen molar-refractivity contribution in [3.8, 4) is 45.4 Å². The molecule has 0 spiro atoms. The molecular formula is C28H27FN6O2. The first kappa shape index (κ1) is 23.2. The SMILES string of the molecule is COc1cc(F)cc(-c2nccc3[nH]c(-c4cc(-c5cncc(OCCN6CCCC6)c5)[nH]n4)cc23)c1. The van der Waals surface area contributed by atoms with Crippen molar-refractivity contribution in [3.63, 3.8) is 0 Å². The Labute approximate surface area is 213 Å². The van der Waals surface area contributed by atoms with Gasteiger partial charge in [0.05, 0.1) is 30.4 Å². The van der Waals surface area contributed by atoms with E-state index in [0.717, 1.165) is 58.9 Å². The summed E-state index contributed by atoms with van der Waals surface area (Å²) in [4.78, 5) is 14.7. The molecule has 8 nitrogen and oxygen atoms in total. The van der Waals surface area contributed by atoms with Gasteiger partial charge in [0.1, 0.15) is 29.6 Å². The van der Waals surface area contributed by atoms with E-state index in [0.29, 0.717) is 23.6 Å². The highest BCUT2D eigenvalue weighted by Gasteiger charge is 2.15. The number of aromatic nitrogens is 5. The van der Waals surface area contributed by atoms with E-state index in [4.69, 9.17) is 9.47 Å². The molecule has 2 N–H and O–H groups in total. The average Bonchev–Trinajstić information content (AvgIpc) is 3.69. The lowest BCUT2D eigenvalue weighted by Crippen LogP contribution is -2.25. The number of hydrogen-bond acceptors (Lipinski definition) is 6. The van der Waals surface area contributed by atoms with E-state index in [1.54, 1.807) is 24.7 Å². The summed E-state index contributed by atoms with van der Waals surface area (Å²) in [5, 5.41) is 8.49. The lowest BCUT2D eigenvalue weighted by Gasteiger charge is -2.14. The van der Waals surface area contributed by atoms with Crippen LogP contribution in [0.3, 0.4) is 0 Å². The summed E-state index contributed by atoms with van der Waals surface area (Å²) < 4.78 is 25.3. The molecule has 9 heteroatoms. The Kier molecular flexibility index (Phi) is 6.28. The second-order valence-corrected chi connectivity index (χ2v) is 9.16. The van der Waals surface area contributed by atoms with Crippen molar-refractivity contribution in [1.29, 1.82) is 0 Å². The van der Waals surface area contributed by atoms with Gasteiger partial charge in [-0.1, -0.05) is 0 Å². The van der Waals surface area contributed by atoms with Crippen LogP contribution in [-0.2, 0) is 0 Å². The highest BCUT2D eigenvalue weighted by atomic mass is 19.1. The van der Waals surface area contributed by atoms with E-state index in [1.807, 2.05) is 24.3 Å². The minimum atomic E-state index is -0.378. The first-order chi connectivity index (χ1) is 18.2. The van der Waals surface area contributed by atoms with Crippen LogP contribution in [0.1, 0.15) is 12.8 Å². The smallest absolute Gasteiger partial charge is 0.138 e. The van der Waals surface area contributed by atoms with E-state index in [2.05, 4.69) is 30.0 Å². The monoisotopic (exact) mass is 498 g/mol. The highest BCUT2D eigenvalue weighted by Crippen LogP contribution is 2.33. The number of hydrogen-bond donors (Lipinski definition) is 2. The maximum absolute atomic E-state index is 14.2. The Hall–Kier alpha value is -4.24. The first-order valence-electron chi connectivity index (χ1n) is 12.4. The predicted molar refractivity (Wildman–Crippen MR) is 140 cm³/mol. The highest BCUT2D eigenvalue weighted by molar-refractivity contribution is 5.96. The van der Waals surface area contributed by atoms with Crippen LogP contribution >= 0.6 is 0 Å². The molecule has 0 bridgehead atoms. The van der Waals surface area contributed by atoms with Crippen molar-refractivity contribution >= 4 is 10.9 Å². The van der Waals surface area contributed by atoms with Crippen LogP contribution < -0.4 is 9.47 Å². The molecule has 37 heavy (non-hydrogen) atoms. The van der Waals surface area contributed by atoms with Gasteiger partial charge in [0.25, 0.3) is 0 Å². The third-order valence-corrected chi connectivity index (χ3v) is 6.68. The molecule has 6 rings (SSSR count). The molecule has 0 radical (unpaired) electrons. The third kappa shape index (κ3) is 4.90. The summed E-state index contributed by atoms with van der Waals surface area (Å²) in [5.41, 5.74) is 5.47. The number of rotatable bonds is 8. The molecular weight excluding hydrogens is 471 g/mol. The molecule has 0 amide bonds. The molecule has 1 fully saturated rings. The fourth-order valence-electron chi connectivity index (χ4n) is 4.79. The quantitative estimate of drug-likeness (QED) is 0.302. The fraction of sp³-hybridized carbons (Fsp3) is 0.250. The van der Waals surface area contributed by atoms with E-state index < -0.39 is 0 Å². The molecule has 1 aliphatic heterocycles. The molecule has 188 valence electrons. The van der Waals surface area contributed by atoms with Crippen LogP contribution in [0.4, 0.5) is 4.39 Å². The van der Waals surface area contributed by atoms with Crippen LogP contribution in [0.5, 0.6) is 11.5 Å². The van der Waals surface area contributed by atoms with Gasteiger partial charge in [-0.15, -0.1) is 0 Å². The maximum atomic E-state index is 14.2. The number of H-pyrrole nitrogens is 2. The van der Waals surface area contributed by atoms with Gasteiger partial charge in [-0.3, -0.25) is 20.0 Å². The number of aromatic amines is 2. The van der Waals surface area contributed by atoms with E-state index >= 15 is 0 Å². The van der Waals surface area contributed by atoms with Crippen molar-refractivity contribution in [3.05, 3.63) is 66.9 Å². The van der Waals surface area contributed by atoms with E-state index in [-0.39, 0.29) is 5.82 Å². The number of fused-ring (bicyclic) bond motifs is 1.